The molecule has 3 aromatic heterocycles. The van der Waals surface area contributed by atoms with Crippen LogP contribution in [0.1, 0.15) is 39.3 Å². The van der Waals surface area contributed by atoms with Gasteiger partial charge in [-0.15, -0.1) is 10.2 Å². The van der Waals surface area contributed by atoms with E-state index < -0.39 is 0 Å². The van der Waals surface area contributed by atoms with Crippen LogP contribution in [0, 0.1) is 13.8 Å². The summed E-state index contributed by atoms with van der Waals surface area (Å²) in [6, 6.07) is 12.2. The second-order valence-electron chi connectivity index (χ2n) is 7.42. The molecule has 0 fully saturated rings. The molecule has 1 amide bonds. The fourth-order valence-corrected chi connectivity index (χ4v) is 4.14. The van der Waals surface area contributed by atoms with Crippen LogP contribution in [0.4, 0.5) is 0 Å². The molecule has 8 heteroatoms. The number of aromatic nitrogens is 6. The van der Waals surface area contributed by atoms with Gasteiger partial charge in [0.15, 0.2) is 11.5 Å². The van der Waals surface area contributed by atoms with E-state index in [1.54, 1.807) is 16.9 Å². The molecule has 0 saturated carbocycles. The lowest BCUT2D eigenvalue weighted by molar-refractivity contribution is 0.0670. The number of amides is 1. The van der Waals surface area contributed by atoms with Gasteiger partial charge in [-0.25, -0.2) is 9.50 Å². The van der Waals surface area contributed by atoms with E-state index in [9.17, 15) is 4.79 Å². The number of hydrogen-bond donors (Lipinski definition) is 0. The second-order valence-corrected chi connectivity index (χ2v) is 7.42. The second kappa shape index (κ2) is 6.80. The number of carbonyl (C=O) groups excluding carboxylic acids is 1. The fourth-order valence-electron chi connectivity index (χ4n) is 4.14. The first-order chi connectivity index (χ1) is 14.1. The summed E-state index contributed by atoms with van der Waals surface area (Å²) in [5.74, 6) is 1.63. The standard InChI is InChI=1S/C21H21N7O/c1-14-18(11-22-19-8-9-23-28(14)19)21(29)26-12-17(10-16-6-4-3-5-7-16)27-15(2)24-25-20(27)13-26/h3-9,11,17H,10,12-13H2,1-2H3/t17-/m1/s1. The lowest BCUT2D eigenvalue weighted by Crippen LogP contribution is -2.42. The summed E-state index contributed by atoms with van der Waals surface area (Å²) in [6.07, 6.45) is 4.14. The van der Waals surface area contributed by atoms with E-state index in [4.69, 9.17) is 0 Å². The van der Waals surface area contributed by atoms with Crippen molar-refractivity contribution in [1.82, 2.24) is 34.3 Å². The van der Waals surface area contributed by atoms with Crippen LogP contribution in [0.2, 0.25) is 0 Å². The SMILES string of the molecule is Cc1nnc2n1[C@H](Cc1ccccc1)CN(C(=O)c1cnc3ccnn3c1C)C2. The van der Waals surface area contributed by atoms with Gasteiger partial charge in [-0.05, 0) is 25.8 Å². The predicted molar refractivity (Wildman–Crippen MR) is 106 cm³/mol. The van der Waals surface area contributed by atoms with Crippen molar-refractivity contribution in [3.8, 4) is 0 Å². The zero-order valence-corrected chi connectivity index (χ0v) is 16.4. The van der Waals surface area contributed by atoms with Crippen LogP contribution in [0.15, 0.2) is 48.8 Å². The van der Waals surface area contributed by atoms with Crippen molar-refractivity contribution in [3.05, 3.63) is 77.3 Å². The minimum atomic E-state index is -0.0580. The third-order valence-corrected chi connectivity index (χ3v) is 5.55. The highest BCUT2D eigenvalue weighted by molar-refractivity contribution is 5.95. The predicted octanol–water partition coefficient (Wildman–Crippen LogP) is 2.38. The number of hydrogen-bond acceptors (Lipinski definition) is 5. The summed E-state index contributed by atoms with van der Waals surface area (Å²) in [6.45, 7) is 4.89. The summed E-state index contributed by atoms with van der Waals surface area (Å²) in [5, 5.41) is 12.9. The third-order valence-electron chi connectivity index (χ3n) is 5.55. The van der Waals surface area contributed by atoms with Crippen molar-refractivity contribution in [2.24, 2.45) is 0 Å². The molecule has 1 aromatic carbocycles. The number of nitrogens with zero attached hydrogens (tertiary/aromatic N) is 7. The Labute approximate surface area is 167 Å². The van der Waals surface area contributed by atoms with E-state index in [0.717, 1.165) is 29.4 Å². The molecule has 0 saturated heterocycles. The van der Waals surface area contributed by atoms with Crippen LogP contribution in [-0.4, -0.2) is 46.7 Å². The van der Waals surface area contributed by atoms with Gasteiger partial charge in [-0.3, -0.25) is 4.79 Å². The van der Waals surface area contributed by atoms with E-state index in [0.29, 0.717) is 18.7 Å². The van der Waals surface area contributed by atoms with Crippen molar-refractivity contribution in [2.45, 2.75) is 32.9 Å². The largest absolute Gasteiger partial charge is 0.329 e. The van der Waals surface area contributed by atoms with Gasteiger partial charge in [-0.1, -0.05) is 30.3 Å². The Balaban J connectivity index is 1.49. The van der Waals surface area contributed by atoms with E-state index >= 15 is 0 Å². The molecule has 8 nitrogen and oxygen atoms in total. The van der Waals surface area contributed by atoms with Crippen molar-refractivity contribution in [2.75, 3.05) is 6.54 Å². The first-order valence-electron chi connectivity index (χ1n) is 9.65. The van der Waals surface area contributed by atoms with Crippen LogP contribution in [0.3, 0.4) is 0 Å². The normalized spacial score (nSPS) is 16.2. The van der Waals surface area contributed by atoms with Crippen LogP contribution in [0.5, 0.6) is 0 Å². The first kappa shape index (κ1) is 17.5. The van der Waals surface area contributed by atoms with Gasteiger partial charge < -0.3 is 9.47 Å². The first-order valence-corrected chi connectivity index (χ1v) is 9.65. The van der Waals surface area contributed by atoms with Crippen molar-refractivity contribution >= 4 is 11.6 Å². The van der Waals surface area contributed by atoms with Gasteiger partial charge in [0, 0.05) is 18.8 Å². The van der Waals surface area contributed by atoms with Crippen molar-refractivity contribution in [3.63, 3.8) is 0 Å². The average Bonchev–Trinajstić information content (AvgIpc) is 3.36. The number of benzene rings is 1. The molecule has 1 atom stereocenters. The average molecular weight is 387 g/mol. The molecule has 29 heavy (non-hydrogen) atoms. The quantitative estimate of drug-likeness (QED) is 0.539. The lowest BCUT2D eigenvalue weighted by atomic mass is 10.0. The van der Waals surface area contributed by atoms with Crippen molar-refractivity contribution < 1.29 is 4.79 Å². The maximum atomic E-state index is 13.4. The number of carbonyl (C=O) groups is 1. The molecule has 0 unspecified atom stereocenters. The van der Waals surface area contributed by atoms with Crippen LogP contribution >= 0.6 is 0 Å². The van der Waals surface area contributed by atoms with Gasteiger partial charge in [0.05, 0.1) is 30.0 Å². The molecule has 0 spiro atoms. The molecule has 0 aliphatic carbocycles. The zero-order valence-electron chi connectivity index (χ0n) is 16.4. The molecular formula is C21H21N7O. The summed E-state index contributed by atoms with van der Waals surface area (Å²) in [4.78, 5) is 19.6. The minimum Gasteiger partial charge on any atom is -0.329 e. The van der Waals surface area contributed by atoms with Crippen LogP contribution in [0.25, 0.3) is 5.65 Å². The Morgan fingerprint density at radius 3 is 2.79 bits per heavy atom. The highest BCUT2D eigenvalue weighted by Gasteiger charge is 2.32. The van der Waals surface area contributed by atoms with E-state index in [1.807, 2.05) is 43.0 Å². The fraction of sp³-hybridized carbons (Fsp3) is 0.286. The number of fused-ring (bicyclic) bond motifs is 2. The molecule has 5 rings (SSSR count). The molecule has 1 aliphatic heterocycles. The smallest absolute Gasteiger partial charge is 0.257 e. The third kappa shape index (κ3) is 2.97. The number of aryl methyl sites for hydroxylation is 2. The molecule has 4 heterocycles. The molecule has 0 N–H and O–H groups in total. The van der Waals surface area contributed by atoms with Gasteiger partial charge in [0.1, 0.15) is 5.82 Å². The summed E-state index contributed by atoms with van der Waals surface area (Å²) in [5.41, 5.74) is 3.30. The zero-order chi connectivity index (χ0) is 20.0. The van der Waals surface area contributed by atoms with Crippen LogP contribution in [-0.2, 0) is 13.0 Å². The Bertz CT molecular complexity index is 1190. The Morgan fingerprint density at radius 2 is 1.97 bits per heavy atom. The number of rotatable bonds is 3. The molecule has 146 valence electrons. The lowest BCUT2D eigenvalue weighted by Gasteiger charge is -2.34. The maximum absolute atomic E-state index is 13.4. The van der Waals surface area contributed by atoms with Crippen LogP contribution < -0.4 is 0 Å². The molecule has 0 radical (unpaired) electrons. The Hall–Kier alpha value is -3.55. The van der Waals surface area contributed by atoms with Gasteiger partial charge in [0.25, 0.3) is 5.91 Å². The molecule has 0 bridgehead atoms. The monoisotopic (exact) mass is 387 g/mol. The van der Waals surface area contributed by atoms with E-state index in [1.165, 1.54) is 5.56 Å². The van der Waals surface area contributed by atoms with E-state index in [2.05, 4.69) is 37.0 Å². The molecular weight excluding hydrogens is 366 g/mol. The Kier molecular flexibility index (Phi) is 4.12. The highest BCUT2D eigenvalue weighted by Crippen LogP contribution is 2.26. The highest BCUT2D eigenvalue weighted by atomic mass is 16.2. The van der Waals surface area contributed by atoms with E-state index in [-0.39, 0.29) is 11.9 Å². The van der Waals surface area contributed by atoms with Gasteiger partial charge in [-0.2, -0.15) is 5.10 Å². The Morgan fingerprint density at radius 1 is 1.14 bits per heavy atom. The maximum Gasteiger partial charge on any atom is 0.257 e. The van der Waals surface area contributed by atoms with Crippen molar-refractivity contribution in [1.29, 1.82) is 0 Å². The molecule has 1 aliphatic rings. The van der Waals surface area contributed by atoms with Gasteiger partial charge >= 0.3 is 0 Å². The summed E-state index contributed by atoms with van der Waals surface area (Å²) >= 11 is 0. The summed E-state index contributed by atoms with van der Waals surface area (Å²) in [7, 11) is 0. The minimum absolute atomic E-state index is 0.0580. The summed E-state index contributed by atoms with van der Waals surface area (Å²) < 4.78 is 3.86. The topological polar surface area (TPSA) is 81.2 Å². The molecule has 4 aromatic rings. The van der Waals surface area contributed by atoms with Gasteiger partial charge in [0.2, 0.25) is 0 Å².